The van der Waals surface area contributed by atoms with Crippen molar-refractivity contribution >= 4 is 17.5 Å². The van der Waals surface area contributed by atoms with Gasteiger partial charge in [-0.3, -0.25) is 4.79 Å². The Kier molecular flexibility index (Phi) is 4.31. The summed E-state index contributed by atoms with van der Waals surface area (Å²) in [5.74, 6) is 0.939. The molecule has 2 aliphatic heterocycles. The van der Waals surface area contributed by atoms with Gasteiger partial charge in [0, 0.05) is 25.1 Å². The molecule has 98 valence electrons. The minimum Gasteiger partial charge on any atom is -0.378 e. The Morgan fingerprint density at radius 3 is 2.47 bits per heavy atom. The summed E-state index contributed by atoms with van der Waals surface area (Å²) < 4.78 is 5.47. The summed E-state index contributed by atoms with van der Waals surface area (Å²) in [5, 5.41) is 0.223. The fourth-order valence-electron chi connectivity index (χ4n) is 2.87. The molecule has 4 heteroatoms. The van der Waals surface area contributed by atoms with Crippen LogP contribution in [0.4, 0.5) is 0 Å². The first-order valence-electron chi connectivity index (χ1n) is 6.64. The second-order valence-electron chi connectivity index (χ2n) is 5.31. The van der Waals surface area contributed by atoms with Crippen molar-refractivity contribution in [1.82, 2.24) is 4.90 Å². The lowest BCUT2D eigenvalue weighted by Gasteiger charge is -2.35. The van der Waals surface area contributed by atoms with Crippen molar-refractivity contribution in [3.8, 4) is 0 Å². The van der Waals surface area contributed by atoms with E-state index in [0.29, 0.717) is 5.92 Å². The van der Waals surface area contributed by atoms with Crippen LogP contribution in [0.5, 0.6) is 0 Å². The first-order chi connectivity index (χ1) is 8.09. The molecule has 0 N–H and O–H groups in total. The number of hydrogen-bond acceptors (Lipinski definition) is 2. The van der Waals surface area contributed by atoms with E-state index in [-0.39, 0.29) is 23.3 Å². The van der Waals surface area contributed by atoms with E-state index in [1.807, 2.05) is 11.8 Å². The molecule has 0 aromatic heterocycles. The standard InChI is InChI=1S/C13H22ClNO2/c1-9(14)11-3-6-15(7-4-11)13(16)12-5-8-17-10(12)2/h9-12H,3-8H2,1-2H3. The highest BCUT2D eigenvalue weighted by Crippen LogP contribution is 2.28. The number of piperidine rings is 1. The average molecular weight is 260 g/mol. The topological polar surface area (TPSA) is 29.5 Å². The Bertz CT molecular complexity index is 275. The number of carbonyl (C=O) groups excluding carboxylic acids is 1. The van der Waals surface area contributed by atoms with Gasteiger partial charge < -0.3 is 9.64 Å². The molecule has 0 saturated carbocycles. The lowest BCUT2D eigenvalue weighted by molar-refractivity contribution is -0.138. The van der Waals surface area contributed by atoms with Crippen LogP contribution in [0.1, 0.15) is 33.1 Å². The summed E-state index contributed by atoms with van der Waals surface area (Å²) in [6, 6.07) is 0. The fourth-order valence-corrected chi connectivity index (χ4v) is 3.12. The quantitative estimate of drug-likeness (QED) is 0.712. The molecule has 2 aliphatic rings. The van der Waals surface area contributed by atoms with Gasteiger partial charge in [0.2, 0.25) is 5.91 Å². The Hall–Kier alpha value is -0.280. The predicted octanol–water partition coefficient (Wildman–Crippen LogP) is 2.28. The maximum atomic E-state index is 12.3. The Labute approximate surface area is 108 Å². The van der Waals surface area contributed by atoms with Crippen molar-refractivity contribution in [2.75, 3.05) is 19.7 Å². The van der Waals surface area contributed by atoms with Gasteiger partial charge in [0.15, 0.2) is 0 Å². The summed E-state index contributed by atoms with van der Waals surface area (Å²) >= 11 is 6.11. The van der Waals surface area contributed by atoms with Crippen LogP contribution in [-0.4, -0.2) is 42.0 Å². The third-order valence-corrected chi connectivity index (χ3v) is 4.55. The highest BCUT2D eigenvalue weighted by molar-refractivity contribution is 6.20. The molecule has 2 rings (SSSR count). The molecule has 17 heavy (non-hydrogen) atoms. The smallest absolute Gasteiger partial charge is 0.228 e. The number of hydrogen-bond donors (Lipinski definition) is 0. The van der Waals surface area contributed by atoms with Crippen molar-refractivity contribution in [2.24, 2.45) is 11.8 Å². The van der Waals surface area contributed by atoms with Gasteiger partial charge in [-0.1, -0.05) is 0 Å². The first-order valence-corrected chi connectivity index (χ1v) is 7.07. The van der Waals surface area contributed by atoms with Crippen molar-refractivity contribution in [3.05, 3.63) is 0 Å². The van der Waals surface area contributed by atoms with Gasteiger partial charge in [-0.15, -0.1) is 11.6 Å². The summed E-state index contributed by atoms with van der Waals surface area (Å²) in [6.07, 6.45) is 3.05. The third-order valence-electron chi connectivity index (χ3n) is 4.19. The van der Waals surface area contributed by atoms with E-state index in [2.05, 4.69) is 6.92 Å². The molecular formula is C13H22ClNO2. The van der Waals surface area contributed by atoms with E-state index in [9.17, 15) is 4.79 Å². The number of nitrogens with zero attached hydrogens (tertiary/aromatic N) is 1. The predicted molar refractivity (Wildman–Crippen MR) is 68.1 cm³/mol. The van der Waals surface area contributed by atoms with Gasteiger partial charge in [0.25, 0.3) is 0 Å². The van der Waals surface area contributed by atoms with Gasteiger partial charge in [-0.25, -0.2) is 0 Å². The van der Waals surface area contributed by atoms with E-state index in [0.717, 1.165) is 39.0 Å². The first kappa shape index (κ1) is 13.2. The monoisotopic (exact) mass is 259 g/mol. The third kappa shape index (κ3) is 2.94. The van der Waals surface area contributed by atoms with Gasteiger partial charge in [-0.05, 0) is 39.0 Å². The molecule has 3 nitrogen and oxygen atoms in total. The molecule has 3 atom stereocenters. The van der Waals surface area contributed by atoms with Gasteiger partial charge >= 0.3 is 0 Å². The number of rotatable bonds is 2. The van der Waals surface area contributed by atoms with E-state index in [1.54, 1.807) is 0 Å². The van der Waals surface area contributed by atoms with E-state index >= 15 is 0 Å². The Morgan fingerprint density at radius 1 is 1.35 bits per heavy atom. The van der Waals surface area contributed by atoms with E-state index in [1.165, 1.54) is 0 Å². The van der Waals surface area contributed by atoms with Crippen LogP contribution in [0.25, 0.3) is 0 Å². The van der Waals surface area contributed by atoms with Crippen LogP contribution < -0.4 is 0 Å². The van der Waals surface area contributed by atoms with Crippen molar-refractivity contribution in [2.45, 2.75) is 44.6 Å². The van der Waals surface area contributed by atoms with Crippen molar-refractivity contribution in [1.29, 1.82) is 0 Å². The highest BCUT2D eigenvalue weighted by Gasteiger charge is 2.35. The molecule has 2 heterocycles. The van der Waals surface area contributed by atoms with Crippen LogP contribution in [0.2, 0.25) is 0 Å². The number of ether oxygens (including phenoxy) is 1. The molecule has 2 fully saturated rings. The van der Waals surface area contributed by atoms with Crippen molar-refractivity contribution in [3.63, 3.8) is 0 Å². The zero-order valence-electron chi connectivity index (χ0n) is 10.7. The largest absolute Gasteiger partial charge is 0.378 e. The highest BCUT2D eigenvalue weighted by atomic mass is 35.5. The lowest BCUT2D eigenvalue weighted by atomic mass is 9.92. The van der Waals surface area contributed by atoms with Gasteiger partial charge in [0.05, 0.1) is 12.0 Å². The van der Waals surface area contributed by atoms with Crippen LogP contribution in [0.3, 0.4) is 0 Å². The Balaban J connectivity index is 1.86. The second kappa shape index (κ2) is 5.57. The molecule has 3 unspecified atom stereocenters. The van der Waals surface area contributed by atoms with Crippen LogP contribution in [0, 0.1) is 11.8 Å². The lowest BCUT2D eigenvalue weighted by Crippen LogP contribution is -2.44. The summed E-state index contributed by atoms with van der Waals surface area (Å²) in [6.45, 7) is 6.51. The summed E-state index contributed by atoms with van der Waals surface area (Å²) in [7, 11) is 0. The molecule has 0 bridgehead atoms. The fraction of sp³-hybridized carbons (Fsp3) is 0.923. The van der Waals surface area contributed by atoms with Crippen molar-refractivity contribution < 1.29 is 9.53 Å². The molecule has 1 amide bonds. The van der Waals surface area contributed by atoms with Crippen LogP contribution >= 0.6 is 11.6 Å². The molecule has 0 aromatic carbocycles. The number of halogens is 1. The molecule has 0 radical (unpaired) electrons. The summed E-state index contributed by atoms with van der Waals surface area (Å²) in [4.78, 5) is 14.3. The van der Waals surface area contributed by atoms with Crippen LogP contribution in [0.15, 0.2) is 0 Å². The number of alkyl halides is 1. The SMILES string of the molecule is CC(Cl)C1CCN(C(=O)C2CCOC2C)CC1. The zero-order valence-corrected chi connectivity index (χ0v) is 11.4. The molecule has 2 saturated heterocycles. The minimum absolute atomic E-state index is 0.0833. The summed E-state index contributed by atoms with van der Waals surface area (Å²) in [5.41, 5.74) is 0. The van der Waals surface area contributed by atoms with Gasteiger partial charge in [-0.2, -0.15) is 0 Å². The Morgan fingerprint density at radius 2 is 2.00 bits per heavy atom. The minimum atomic E-state index is 0.0833. The maximum Gasteiger partial charge on any atom is 0.228 e. The zero-order chi connectivity index (χ0) is 12.4. The molecule has 0 aromatic rings. The molecule has 0 aliphatic carbocycles. The normalized spacial score (nSPS) is 32.8. The number of likely N-dealkylation sites (tertiary alicyclic amines) is 1. The second-order valence-corrected chi connectivity index (χ2v) is 6.00. The molecule has 0 spiro atoms. The number of amides is 1. The van der Waals surface area contributed by atoms with E-state index in [4.69, 9.17) is 16.3 Å². The number of carbonyl (C=O) groups is 1. The molecular weight excluding hydrogens is 238 g/mol. The average Bonchev–Trinajstić information content (AvgIpc) is 2.74. The maximum absolute atomic E-state index is 12.3. The van der Waals surface area contributed by atoms with Gasteiger partial charge in [0.1, 0.15) is 0 Å². The van der Waals surface area contributed by atoms with E-state index < -0.39 is 0 Å². The van der Waals surface area contributed by atoms with Crippen LogP contribution in [-0.2, 0) is 9.53 Å².